The Morgan fingerprint density at radius 2 is 2.14 bits per heavy atom. The molecule has 0 aliphatic heterocycles. The molecular formula is C16H16N4S. The SMILES string of the molecule is S=C(CCc1cccnc1)NCc1c[nH]c2ncccc12. The molecule has 3 rings (SSSR count). The van der Waals surface area contributed by atoms with Gasteiger partial charge in [0.05, 0.1) is 4.99 Å². The van der Waals surface area contributed by atoms with Crippen LogP contribution in [0.25, 0.3) is 11.0 Å². The van der Waals surface area contributed by atoms with Crippen molar-refractivity contribution in [2.45, 2.75) is 19.4 Å². The molecule has 0 spiro atoms. The summed E-state index contributed by atoms with van der Waals surface area (Å²) >= 11 is 5.39. The quantitative estimate of drug-likeness (QED) is 0.711. The van der Waals surface area contributed by atoms with Gasteiger partial charge in [-0.15, -0.1) is 0 Å². The number of H-pyrrole nitrogens is 1. The van der Waals surface area contributed by atoms with Crippen LogP contribution in [0.15, 0.2) is 49.1 Å². The summed E-state index contributed by atoms with van der Waals surface area (Å²) in [7, 11) is 0. The van der Waals surface area contributed by atoms with Crippen LogP contribution in [-0.4, -0.2) is 19.9 Å². The average molecular weight is 296 g/mol. The Balaban J connectivity index is 1.54. The van der Waals surface area contributed by atoms with Crippen molar-refractivity contribution in [1.29, 1.82) is 0 Å². The van der Waals surface area contributed by atoms with Crippen molar-refractivity contribution in [2.75, 3.05) is 0 Å². The molecular weight excluding hydrogens is 280 g/mol. The van der Waals surface area contributed by atoms with Gasteiger partial charge in [0.25, 0.3) is 0 Å². The van der Waals surface area contributed by atoms with Crippen molar-refractivity contribution in [3.63, 3.8) is 0 Å². The van der Waals surface area contributed by atoms with E-state index >= 15 is 0 Å². The Labute approximate surface area is 128 Å². The number of hydrogen-bond acceptors (Lipinski definition) is 3. The molecule has 0 aliphatic rings. The summed E-state index contributed by atoms with van der Waals surface area (Å²) < 4.78 is 0. The largest absolute Gasteiger partial charge is 0.375 e. The minimum Gasteiger partial charge on any atom is -0.375 e. The first-order chi connectivity index (χ1) is 10.3. The van der Waals surface area contributed by atoms with Crippen LogP contribution in [0.3, 0.4) is 0 Å². The zero-order valence-corrected chi connectivity index (χ0v) is 12.4. The highest BCUT2D eigenvalue weighted by molar-refractivity contribution is 7.80. The first kappa shape index (κ1) is 13.7. The van der Waals surface area contributed by atoms with Gasteiger partial charge in [0, 0.05) is 43.1 Å². The normalized spacial score (nSPS) is 10.7. The van der Waals surface area contributed by atoms with Gasteiger partial charge < -0.3 is 10.3 Å². The molecule has 0 atom stereocenters. The Morgan fingerprint density at radius 3 is 3.00 bits per heavy atom. The van der Waals surface area contributed by atoms with Crippen molar-refractivity contribution in [1.82, 2.24) is 20.3 Å². The minimum atomic E-state index is 0.720. The smallest absolute Gasteiger partial charge is 0.137 e. The first-order valence-corrected chi connectivity index (χ1v) is 7.30. The highest BCUT2D eigenvalue weighted by atomic mass is 32.1. The lowest BCUT2D eigenvalue weighted by atomic mass is 10.1. The van der Waals surface area contributed by atoms with E-state index in [1.54, 1.807) is 12.4 Å². The minimum absolute atomic E-state index is 0.720. The summed E-state index contributed by atoms with van der Waals surface area (Å²) in [5.74, 6) is 0. The molecule has 0 saturated heterocycles. The van der Waals surface area contributed by atoms with Crippen LogP contribution >= 0.6 is 12.2 Å². The van der Waals surface area contributed by atoms with Crippen molar-refractivity contribution in [2.24, 2.45) is 0 Å². The van der Waals surface area contributed by atoms with Crippen molar-refractivity contribution >= 4 is 28.2 Å². The molecule has 2 N–H and O–H groups in total. The van der Waals surface area contributed by atoms with E-state index < -0.39 is 0 Å². The second-order valence-corrected chi connectivity index (χ2v) is 5.34. The zero-order valence-electron chi connectivity index (χ0n) is 11.5. The topological polar surface area (TPSA) is 53.6 Å². The molecule has 0 saturated carbocycles. The Hall–Kier alpha value is -2.27. The highest BCUT2D eigenvalue weighted by Gasteiger charge is 2.04. The number of aromatic nitrogens is 3. The van der Waals surface area contributed by atoms with Crippen LogP contribution in [0, 0.1) is 0 Å². The highest BCUT2D eigenvalue weighted by Crippen LogP contribution is 2.15. The molecule has 0 amide bonds. The van der Waals surface area contributed by atoms with E-state index in [4.69, 9.17) is 12.2 Å². The van der Waals surface area contributed by atoms with Crippen LogP contribution < -0.4 is 5.32 Å². The fraction of sp³-hybridized carbons (Fsp3) is 0.188. The summed E-state index contributed by atoms with van der Waals surface area (Å²) in [5, 5.41) is 4.45. The number of fused-ring (bicyclic) bond motifs is 1. The van der Waals surface area contributed by atoms with Crippen LogP contribution in [0.5, 0.6) is 0 Å². The third-order valence-corrected chi connectivity index (χ3v) is 3.72. The third kappa shape index (κ3) is 3.44. The number of thiocarbonyl (C=S) groups is 1. The number of nitrogens with zero attached hydrogens (tertiary/aromatic N) is 2. The number of aromatic amines is 1. The van der Waals surface area contributed by atoms with Crippen molar-refractivity contribution in [3.05, 3.63) is 60.2 Å². The van der Waals surface area contributed by atoms with E-state index in [1.807, 2.05) is 24.5 Å². The first-order valence-electron chi connectivity index (χ1n) is 6.89. The maximum atomic E-state index is 5.39. The molecule has 0 radical (unpaired) electrons. The van der Waals surface area contributed by atoms with Gasteiger partial charge in [-0.3, -0.25) is 4.98 Å². The molecule has 3 aromatic heterocycles. The molecule has 0 bridgehead atoms. The molecule has 0 aromatic carbocycles. The van der Waals surface area contributed by atoms with Crippen molar-refractivity contribution < 1.29 is 0 Å². The second-order valence-electron chi connectivity index (χ2n) is 4.85. The number of rotatable bonds is 5. The summed E-state index contributed by atoms with van der Waals surface area (Å²) in [5.41, 5.74) is 3.30. The van der Waals surface area contributed by atoms with Gasteiger partial charge >= 0.3 is 0 Å². The molecule has 3 heterocycles. The molecule has 0 fully saturated rings. The fourth-order valence-corrected chi connectivity index (χ4v) is 2.42. The standard InChI is InChI=1S/C16H16N4S/c21-15(6-5-12-3-1-7-17-9-12)19-10-13-11-20-16-14(13)4-2-8-18-16/h1-4,7-9,11H,5-6,10H2,(H,18,20)(H,19,21). The van der Waals surface area contributed by atoms with Crippen LogP contribution in [0.4, 0.5) is 0 Å². The number of nitrogens with one attached hydrogen (secondary N) is 2. The lowest BCUT2D eigenvalue weighted by molar-refractivity contribution is 0.890. The molecule has 0 aliphatic carbocycles. The molecule has 0 unspecified atom stereocenters. The predicted octanol–water partition coefficient (Wildman–Crippen LogP) is 3.01. The van der Waals surface area contributed by atoms with E-state index in [2.05, 4.69) is 32.4 Å². The lowest BCUT2D eigenvalue weighted by Gasteiger charge is -2.07. The number of hydrogen-bond donors (Lipinski definition) is 2. The van der Waals surface area contributed by atoms with Gasteiger partial charge in [-0.25, -0.2) is 4.98 Å². The molecule has 21 heavy (non-hydrogen) atoms. The van der Waals surface area contributed by atoms with Gasteiger partial charge in [-0.05, 0) is 35.7 Å². The molecule has 106 valence electrons. The van der Waals surface area contributed by atoms with E-state index in [-0.39, 0.29) is 0 Å². The summed E-state index contributed by atoms with van der Waals surface area (Å²) in [6.45, 7) is 0.720. The van der Waals surface area contributed by atoms with Gasteiger partial charge in [0.15, 0.2) is 0 Å². The Morgan fingerprint density at radius 1 is 1.24 bits per heavy atom. The Bertz CT molecular complexity index is 736. The van der Waals surface area contributed by atoms with E-state index in [0.717, 1.165) is 35.4 Å². The monoisotopic (exact) mass is 296 g/mol. The van der Waals surface area contributed by atoms with Gasteiger partial charge in [0.2, 0.25) is 0 Å². The van der Waals surface area contributed by atoms with Crippen LogP contribution in [0.1, 0.15) is 17.5 Å². The molecule has 3 aromatic rings. The maximum Gasteiger partial charge on any atom is 0.137 e. The third-order valence-electron chi connectivity index (χ3n) is 3.38. The predicted molar refractivity (Wildman–Crippen MR) is 88.1 cm³/mol. The van der Waals surface area contributed by atoms with E-state index in [1.165, 1.54) is 11.1 Å². The summed E-state index contributed by atoms with van der Waals surface area (Å²) in [6, 6.07) is 8.03. The summed E-state index contributed by atoms with van der Waals surface area (Å²) in [4.78, 5) is 12.4. The zero-order chi connectivity index (χ0) is 14.5. The van der Waals surface area contributed by atoms with Gasteiger partial charge in [0.1, 0.15) is 5.65 Å². The number of pyridine rings is 2. The fourth-order valence-electron chi connectivity index (χ4n) is 2.24. The average Bonchev–Trinajstić information content (AvgIpc) is 2.95. The Kier molecular flexibility index (Phi) is 4.21. The lowest BCUT2D eigenvalue weighted by Crippen LogP contribution is -2.21. The van der Waals surface area contributed by atoms with Crippen molar-refractivity contribution in [3.8, 4) is 0 Å². The second kappa shape index (κ2) is 6.45. The van der Waals surface area contributed by atoms with E-state index in [9.17, 15) is 0 Å². The number of aryl methyl sites for hydroxylation is 1. The maximum absolute atomic E-state index is 5.39. The van der Waals surface area contributed by atoms with Crippen LogP contribution in [-0.2, 0) is 13.0 Å². The summed E-state index contributed by atoms with van der Waals surface area (Å²) in [6.07, 6.45) is 9.18. The van der Waals surface area contributed by atoms with Gasteiger partial charge in [-0.1, -0.05) is 18.3 Å². The molecule has 4 nitrogen and oxygen atoms in total. The van der Waals surface area contributed by atoms with E-state index in [0.29, 0.717) is 0 Å². The van der Waals surface area contributed by atoms with Gasteiger partial charge in [-0.2, -0.15) is 0 Å². The molecule has 5 heteroatoms. The van der Waals surface area contributed by atoms with Crippen LogP contribution in [0.2, 0.25) is 0 Å².